The first-order valence-corrected chi connectivity index (χ1v) is 11.6. The summed E-state index contributed by atoms with van der Waals surface area (Å²) in [7, 11) is 1.60. The molecular formula is C28H30N2O4. The van der Waals surface area contributed by atoms with E-state index >= 15 is 0 Å². The Balaban J connectivity index is 1.57. The molecule has 1 heterocycles. The quantitative estimate of drug-likeness (QED) is 0.542. The van der Waals surface area contributed by atoms with Crippen LogP contribution in [0.4, 0.5) is 5.69 Å². The zero-order chi connectivity index (χ0) is 24.1. The maximum Gasteiger partial charge on any atom is 0.265 e. The molecule has 6 heteroatoms. The molecule has 3 aromatic carbocycles. The molecule has 4 rings (SSSR count). The molecule has 0 radical (unpaired) electrons. The average molecular weight is 459 g/mol. The highest BCUT2D eigenvalue weighted by Gasteiger charge is 2.31. The number of nitrogens with one attached hydrogen (secondary N) is 1. The molecule has 34 heavy (non-hydrogen) atoms. The van der Waals surface area contributed by atoms with Gasteiger partial charge in [-0.3, -0.25) is 9.59 Å². The van der Waals surface area contributed by atoms with Crippen molar-refractivity contribution < 1.29 is 19.1 Å². The Morgan fingerprint density at radius 1 is 1.03 bits per heavy atom. The number of anilines is 1. The fourth-order valence-corrected chi connectivity index (χ4v) is 4.38. The highest BCUT2D eigenvalue weighted by Crippen LogP contribution is 2.37. The van der Waals surface area contributed by atoms with Crippen molar-refractivity contribution in [3.63, 3.8) is 0 Å². The number of methoxy groups -OCH3 is 1. The minimum atomic E-state index is -0.650. The number of amides is 2. The first-order chi connectivity index (χ1) is 16.5. The Bertz CT molecular complexity index is 1140. The first kappa shape index (κ1) is 23.4. The molecule has 2 atom stereocenters. The molecule has 0 saturated carbocycles. The van der Waals surface area contributed by atoms with E-state index in [2.05, 4.69) is 5.32 Å². The van der Waals surface area contributed by atoms with Crippen molar-refractivity contribution in [2.75, 3.05) is 19.0 Å². The fraction of sp³-hybridized carbons (Fsp3) is 0.286. The van der Waals surface area contributed by atoms with E-state index in [1.165, 1.54) is 5.56 Å². The lowest BCUT2D eigenvalue weighted by Gasteiger charge is -2.37. The summed E-state index contributed by atoms with van der Waals surface area (Å²) in [5, 5.41) is 2.91. The number of hydrogen-bond donors (Lipinski definition) is 1. The normalized spacial score (nSPS) is 15.7. The third-order valence-corrected chi connectivity index (χ3v) is 6.16. The molecule has 0 saturated heterocycles. The molecule has 2 unspecified atom stereocenters. The van der Waals surface area contributed by atoms with E-state index in [9.17, 15) is 9.59 Å². The first-order valence-electron chi connectivity index (χ1n) is 11.6. The number of nitrogens with zero attached hydrogens (tertiary/aromatic N) is 1. The number of rotatable bonds is 7. The number of ether oxygens (including phenoxy) is 2. The van der Waals surface area contributed by atoms with Gasteiger partial charge in [-0.25, -0.2) is 0 Å². The number of fused-ring (bicyclic) bond motifs is 1. The summed E-state index contributed by atoms with van der Waals surface area (Å²) in [5.74, 6) is 1.16. The molecule has 2 amide bonds. The molecule has 0 bridgehead atoms. The molecular weight excluding hydrogens is 428 g/mol. The highest BCUT2D eigenvalue weighted by molar-refractivity contribution is 5.94. The van der Waals surface area contributed by atoms with Crippen LogP contribution >= 0.6 is 0 Å². The van der Waals surface area contributed by atoms with Crippen LogP contribution in [0, 0.1) is 0 Å². The van der Waals surface area contributed by atoms with E-state index in [0.29, 0.717) is 24.4 Å². The van der Waals surface area contributed by atoms with E-state index in [-0.39, 0.29) is 17.9 Å². The molecule has 1 aliphatic heterocycles. The van der Waals surface area contributed by atoms with Gasteiger partial charge < -0.3 is 19.7 Å². The third kappa shape index (κ3) is 5.06. The Morgan fingerprint density at radius 2 is 1.74 bits per heavy atom. The van der Waals surface area contributed by atoms with Crippen molar-refractivity contribution in [2.24, 2.45) is 0 Å². The van der Waals surface area contributed by atoms with Gasteiger partial charge in [0.2, 0.25) is 5.91 Å². The lowest BCUT2D eigenvalue weighted by atomic mass is 9.88. The van der Waals surface area contributed by atoms with Crippen LogP contribution in [0.5, 0.6) is 11.5 Å². The fourth-order valence-electron chi connectivity index (χ4n) is 4.38. The largest absolute Gasteiger partial charge is 0.497 e. The average Bonchev–Trinajstić information content (AvgIpc) is 2.87. The van der Waals surface area contributed by atoms with E-state index in [1.807, 2.05) is 60.4 Å². The second-order valence-corrected chi connectivity index (χ2v) is 8.37. The van der Waals surface area contributed by atoms with Gasteiger partial charge in [0.1, 0.15) is 11.5 Å². The van der Waals surface area contributed by atoms with Gasteiger partial charge in [-0.2, -0.15) is 0 Å². The van der Waals surface area contributed by atoms with E-state index in [4.69, 9.17) is 9.47 Å². The van der Waals surface area contributed by atoms with Crippen molar-refractivity contribution >= 4 is 17.5 Å². The minimum absolute atomic E-state index is 0.0381. The smallest absolute Gasteiger partial charge is 0.265 e. The predicted octanol–water partition coefficient (Wildman–Crippen LogP) is 4.99. The van der Waals surface area contributed by atoms with Gasteiger partial charge in [0.15, 0.2) is 6.10 Å². The molecule has 0 spiro atoms. The SMILES string of the molecule is CCC(Oc1ccc2c(c1)C(c1ccccc1)N(C(C)=O)CC2)C(=O)Nc1ccc(OC)cc1. The minimum Gasteiger partial charge on any atom is -0.497 e. The summed E-state index contributed by atoms with van der Waals surface area (Å²) < 4.78 is 11.3. The predicted molar refractivity (Wildman–Crippen MR) is 132 cm³/mol. The summed E-state index contributed by atoms with van der Waals surface area (Å²) in [5.41, 5.74) is 3.96. The number of benzene rings is 3. The van der Waals surface area contributed by atoms with Crippen LogP contribution in [0.3, 0.4) is 0 Å². The van der Waals surface area contributed by atoms with E-state index in [1.54, 1.807) is 38.3 Å². The van der Waals surface area contributed by atoms with Crippen LogP contribution in [0.25, 0.3) is 0 Å². The van der Waals surface area contributed by atoms with Gasteiger partial charge in [0.05, 0.1) is 13.2 Å². The maximum atomic E-state index is 12.9. The monoisotopic (exact) mass is 458 g/mol. The van der Waals surface area contributed by atoms with Crippen molar-refractivity contribution in [3.05, 3.63) is 89.5 Å². The van der Waals surface area contributed by atoms with Crippen LogP contribution < -0.4 is 14.8 Å². The molecule has 3 aromatic rings. The maximum absolute atomic E-state index is 12.9. The Labute approximate surface area is 200 Å². The van der Waals surface area contributed by atoms with Gasteiger partial charge in [-0.05, 0) is 65.9 Å². The standard InChI is InChI=1S/C28H30N2O4/c1-4-26(28(32)29-22-11-14-23(33-3)15-12-22)34-24-13-10-20-16-17-30(19(2)31)27(25(20)18-24)21-8-6-5-7-9-21/h5-15,18,26-27H,4,16-17H2,1-3H3,(H,29,32). The van der Waals surface area contributed by atoms with E-state index < -0.39 is 6.10 Å². The van der Waals surface area contributed by atoms with Gasteiger partial charge in [-0.1, -0.05) is 43.3 Å². The third-order valence-electron chi connectivity index (χ3n) is 6.16. The van der Waals surface area contributed by atoms with Crippen LogP contribution in [-0.2, 0) is 16.0 Å². The lowest BCUT2D eigenvalue weighted by molar-refractivity contribution is -0.130. The van der Waals surface area contributed by atoms with Crippen LogP contribution in [0.2, 0.25) is 0 Å². The Kier molecular flexibility index (Phi) is 7.16. The topological polar surface area (TPSA) is 67.9 Å². The zero-order valence-electron chi connectivity index (χ0n) is 19.8. The summed E-state index contributed by atoms with van der Waals surface area (Å²) in [6.45, 7) is 4.20. The molecule has 1 aliphatic rings. The molecule has 0 aliphatic carbocycles. The van der Waals surface area contributed by atoms with Crippen LogP contribution in [0.15, 0.2) is 72.8 Å². The van der Waals surface area contributed by atoms with Gasteiger partial charge >= 0.3 is 0 Å². The molecule has 0 aromatic heterocycles. The summed E-state index contributed by atoms with van der Waals surface area (Å²) in [6.07, 6.45) is 0.650. The molecule has 6 nitrogen and oxygen atoms in total. The van der Waals surface area contributed by atoms with E-state index in [0.717, 1.165) is 23.3 Å². The zero-order valence-corrected chi connectivity index (χ0v) is 19.8. The summed E-state index contributed by atoms with van der Waals surface area (Å²) >= 11 is 0. The molecule has 176 valence electrons. The summed E-state index contributed by atoms with van der Waals surface area (Å²) in [4.78, 5) is 27.2. The summed E-state index contributed by atoms with van der Waals surface area (Å²) in [6, 6.07) is 23.0. The van der Waals surface area contributed by atoms with Gasteiger partial charge in [-0.15, -0.1) is 0 Å². The van der Waals surface area contributed by atoms with Gasteiger partial charge in [0, 0.05) is 19.2 Å². The second kappa shape index (κ2) is 10.4. The Morgan fingerprint density at radius 3 is 2.38 bits per heavy atom. The van der Waals surface area contributed by atoms with Gasteiger partial charge in [0.25, 0.3) is 5.91 Å². The van der Waals surface area contributed by atoms with Crippen LogP contribution in [-0.4, -0.2) is 36.5 Å². The second-order valence-electron chi connectivity index (χ2n) is 8.37. The van der Waals surface area contributed by atoms with Crippen LogP contribution in [0.1, 0.15) is 43.0 Å². The van der Waals surface area contributed by atoms with Crippen molar-refractivity contribution in [1.82, 2.24) is 4.90 Å². The molecule has 1 N–H and O–H groups in total. The van der Waals surface area contributed by atoms with Crippen molar-refractivity contribution in [1.29, 1.82) is 0 Å². The lowest BCUT2D eigenvalue weighted by Crippen LogP contribution is -2.39. The number of carbonyl (C=O) groups is 2. The van der Waals surface area contributed by atoms with Crippen molar-refractivity contribution in [2.45, 2.75) is 38.8 Å². The Hall–Kier alpha value is -3.80. The van der Waals surface area contributed by atoms with Crippen molar-refractivity contribution in [3.8, 4) is 11.5 Å². The number of hydrogen-bond acceptors (Lipinski definition) is 4. The number of carbonyl (C=O) groups excluding carboxylic acids is 2. The highest BCUT2D eigenvalue weighted by atomic mass is 16.5. The molecule has 0 fully saturated rings.